The Bertz CT molecular complexity index is 1570. The molecule has 9 nitrogen and oxygen atoms in total. The summed E-state index contributed by atoms with van der Waals surface area (Å²) >= 11 is 0.938. The van der Waals surface area contributed by atoms with Crippen LogP contribution in [-0.2, 0) is 33.8 Å². The van der Waals surface area contributed by atoms with E-state index in [4.69, 9.17) is 4.74 Å². The number of ether oxygens (including phenoxy) is 1. The molecule has 2 N–H and O–H groups in total. The Balaban J connectivity index is 1.29. The van der Waals surface area contributed by atoms with Gasteiger partial charge in [0.1, 0.15) is 5.56 Å². The number of piperazine rings is 1. The lowest BCUT2D eigenvalue weighted by atomic mass is 10.1. The van der Waals surface area contributed by atoms with Crippen molar-refractivity contribution in [3.8, 4) is 10.6 Å². The molecule has 0 aliphatic carbocycles. The van der Waals surface area contributed by atoms with Crippen molar-refractivity contribution in [2.75, 3.05) is 48.8 Å². The van der Waals surface area contributed by atoms with Crippen molar-refractivity contribution in [1.29, 1.82) is 0 Å². The van der Waals surface area contributed by atoms with Gasteiger partial charge in [-0.25, -0.2) is 18.4 Å². The van der Waals surface area contributed by atoms with Crippen LogP contribution in [0.15, 0.2) is 35.4 Å². The molecule has 0 radical (unpaired) electrons. The molecule has 42 heavy (non-hydrogen) atoms. The maximum atomic E-state index is 14.0. The SMILES string of the molecule is CCc1cc(N2CC3CCC(C2)N3CCO)ccc1Nc1ncc(C(F)(F)F)c(-c2cc3c(s2)COCCS3(=O)=O)n1. The number of aliphatic hydroxyl groups is 1. The van der Waals surface area contributed by atoms with Crippen molar-refractivity contribution >= 4 is 38.5 Å². The van der Waals surface area contributed by atoms with Gasteiger partial charge >= 0.3 is 6.18 Å². The first-order valence-corrected chi connectivity index (χ1v) is 16.4. The molecule has 2 atom stereocenters. The van der Waals surface area contributed by atoms with Crippen molar-refractivity contribution in [3.63, 3.8) is 0 Å². The van der Waals surface area contributed by atoms with Crippen LogP contribution in [0.4, 0.5) is 30.5 Å². The average Bonchev–Trinajstić information content (AvgIpc) is 3.44. The zero-order chi connectivity index (χ0) is 29.6. The molecular formula is C28H32F3N5O4S2. The van der Waals surface area contributed by atoms with E-state index in [0.717, 1.165) is 54.7 Å². The van der Waals surface area contributed by atoms with Gasteiger partial charge in [0.05, 0.1) is 41.0 Å². The van der Waals surface area contributed by atoms with Crippen LogP contribution in [0.2, 0.25) is 0 Å². The van der Waals surface area contributed by atoms with Crippen LogP contribution in [-0.4, -0.2) is 79.1 Å². The van der Waals surface area contributed by atoms with E-state index >= 15 is 0 Å². The van der Waals surface area contributed by atoms with Gasteiger partial charge in [0.15, 0.2) is 9.84 Å². The predicted molar refractivity (Wildman–Crippen MR) is 154 cm³/mol. The lowest BCUT2D eigenvalue weighted by molar-refractivity contribution is -0.137. The van der Waals surface area contributed by atoms with Gasteiger partial charge in [-0.1, -0.05) is 6.92 Å². The molecule has 226 valence electrons. The van der Waals surface area contributed by atoms with E-state index < -0.39 is 21.6 Å². The number of anilines is 3. The van der Waals surface area contributed by atoms with Gasteiger partial charge in [0.25, 0.3) is 0 Å². The van der Waals surface area contributed by atoms with Crippen LogP contribution in [0.1, 0.15) is 35.8 Å². The maximum absolute atomic E-state index is 14.0. The van der Waals surface area contributed by atoms with Gasteiger partial charge in [-0.3, -0.25) is 4.90 Å². The van der Waals surface area contributed by atoms with E-state index in [1.54, 1.807) is 0 Å². The van der Waals surface area contributed by atoms with Crippen molar-refractivity contribution in [1.82, 2.24) is 14.9 Å². The number of aliphatic hydroxyl groups excluding tert-OH is 1. The number of thiophene rings is 1. The highest BCUT2D eigenvalue weighted by atomic mass is 32.2. The summed E-state index contributed by atoms with van der Waals surface area (Å²) in [6.45, 7) is 4.66. The molecule has 1 aromatic carbocycles. The van der Waals surface area contributed by atoms with E-state index in [1.807, 2.05) is 19.1 Å². The first kappa shape index (κ1) is 29.3. The standard InChI is InChI=1S/C28H32F3N5O4S2/c1-2-17-11-18(35-14-19-3-4-20(15-35)36(19)7-8-37)5-6-22(17)33-27-32-13-21(28(29,30)31)26(34-27)23-12-25-24(41-23)16-40-9-10-42(25,38)39/h5-6,11-13,19-20,37H,2-4,7-10,14-16H2,1H3,(H,32,33,34). The molecule has 2 saturated heterocycles. The van der Waals surface area contributed by atoms with E-state index in [2.05, 4.69) is 31.2 Å². The smallest absolute Gasteiger partial charge is 0.395 e. The third-order valence-electron chi connectivity index (χ3n) is 8.24. The van der Waals surface area contributed by atoms with Gasteiger partial charge in [-0.05, 0) is 49.1 Å². The van der Waals surface area contributed by atoms with Crippen LogP contribution >= 0.6 is 11.3 Å². The summed E-state index contributed by atoms with van der Waals surface area (Å²) in [4.78, 5) is 13.4. The summed E-state index contributed by atoms with van der Waals surface area (Å²) in [5.74, 6) is -0.243. The molecule has 2 aromatic heterocycles. The van der Waals surface area contributed by atoms with E-state index in [1.165, 1.54) is 6.07 Å². The second-order valence-electron chi connectivity index (χ2n) is 10.8. The van der Waals surface area contributed by atoms with Crippen LogP contribution < -0.4 is 10.2 Å². The number of nitrogens with zero attached hydrogens (tertiary/aromatic N) is 4. The molecular weight excluding hydrogens is 591 g/mol. The number of benzene rings is 1. The Hall–Kier alpha value is -2.78. The van der Waals surface area contributed by atoms with Gasteiger partial charge in [0.2, 0.25) is 5.95 Å². The average molecular weight is 624 g/mol. The van der Waals surface area contributed by atoms with Crippen LogP contribution in [0.25, 0.3) is 10.6 Å². The fourth-order valence-corrected chi connectivity index (χ4v) is 9.00. The van der Waals surface area contributed by atoms with Crippen molar-refractivity contribution < 1.29 is 31.4 Å². The third-order valence-corrected chi connectivity index (χ3v) is 11.2. The first-order chi connectivity index (χ1) is 20.1. The van der Waals surface area contributed by atoms with E-state index in [0.29, 0.717) is 35.6 Å². The van der Waals surface area contributed by atoms with Gasteiger partial charge < -0.3 is 20.1 Å². The molecule has 3 aliphatic heterocycles. The molecule has 14 heteroatoms. The normalized spacial score (nSPS) is 22.2. The highest BCUT2D eigenvalue weighted by molar-refractivity contribution is 7.91. The summed E-state index contributed by atoms with van der Waals surface area (Å²) in [7, 11) is -3.68. The molecule has 2 fully saturated rings. The molecule has 0 amide bonds. The van der Waals surface area contributed by atoms with Crippen molar-refractivity contribution in [2.45, 2.75) is 55.9 Å². The number of aryl methyl sites for hydroxylation is 1. The Labute approximate surface area is 246 Å². The van der Waals surface area contributed by atoms with Crippen LogP contribution in [0, 0.1) is 0 Å². The maximum Gasteiger partial charge on any atom is 0.420 e. The minimum Gasteiger partial charge on any atom is -0.395 e. The summed E-state index contributed by atoms with van der Waals surface area (Å²) in [6.07, 6.45) is -1.09. The van der Waals surface area contributed by atoms with Crippen LogP contribution in [0.5, 0.6) is 0 Å². The number of alkyl halides is 3. The molecule has 2 unspecified atom stereocenters. The zero-order valence-electron chi connectivity index (χ0n) is 23.0. The monoisotopic (exact) mass is 623 g/mol. The second-order valence-corrected chi connectivity index (χ2v) is 14.0. The number of rotatable bonds is 7. The van der Waals surface area contributed by atoms with Gasteiger partial charge in [-0.15, -0.1) is 11.3 Å². The Morgan fingerprint density at radius 1 is 1.19 bits per heavy atom. The van der Waals surface area contributed by atoms with E-state index in [-0.39, 0.29) is 47.0 Å². The Morgan fingerprint density at radius 3 is 2.64 bits per heavy atom. The number of aromatic nitrogens is 2. The first-order valence-electron chi connectivity index (χ1n) is 14.0. The summed E-state index contributed by atoms with van der Waals surface area (Å²) in [5, 5.41) is 12.5. The third kappa shape index (κ3) is 5.62. The summed E-state index contributed by atoms with van der Waals surface area (Å²) in [6, 6.07) is 8.07. The molecule has 2 bridgehead atoms. The highest BCUT2D eigenvalue weighted by Gasteiger charge is 2.40. The minimum absolute atomic E-state index is 0.00395. The van der Waals surface area contributed by atoms with Gasteiger partial charge in [-0.2, -0.15) is 13.2 Å². The second kappa shape index (κ2) is 11.4. The zero-order valence-corrected chi connectivity index (χ0v) is 24.7. The number of fused-ring (bicyclic) bond motifs is 3. The quantitative estimate of drug-likeness (QED) is 0.394. The minimum atomic E-state index is -4.73. The summed E-state index contributed by atoms with van der Waals surface area (Å²) in [5.41, 5.74) is 1.32. The Kier molecular flexibility index (Phi) is 7.94. The van der Waals surface area contributed by atoms with Crippen molar-refractivity contribution in [2.24, 2.45) is 0 Å². The molecule has 3 aromatic rings. The lowest BCUT2D eigenvalue weighted by Gasteiger charge is -2.42. The number of halogens is 3. The number of nitrogens with one attached hydrogen (secondary N) is 1. The van der Waals surface area contributed by atoms with Crippen molar-refractivity contribution in [3.05, 3.63) is 46.5 Å². The molecule has 0 spiro atoms. The molecule has 0 saturated carbocycles. The fourth-order valence-electron chi connectivity index (χ4n) is 6.17. The van der Waals surface area contributed by atoms with Gasteiger partial charge in [0, 0.05) is 54.2 Å². The Morgan fingerprint density at radius 2 is 1.95 bits per heavy atom. The van der Waals surface area contributed by atoms with Crippen LogP contribution in [0.3, 0.4) is 0 Å². The predicted octanol–water partition coefficient (Wildman–Crippen LogP) is 4.48. The number of sulfone groups is 1. The summed E-state index contributed by atoms with van der Waals surface area (Å²) < 4.78 is 72.7. The lowest BCUT2D eigenvalue weighted by Crippen LogP contribution is -2.54. The largest absolute Gasteiger partial charge is 0.420 e. The van der Waals surface area contributed by atoms with E-state index in [9.17, 15) is 26.7 Å². The molecule has 3 aliphatic rings. The number of hydrogen-bond donors (Lipinski definition) is 2. The highest BCUT2D eigenvalue weighted by Crippen LogP contribution is 2.42. The number of hydrogen-bond acceptors (Lipinski definition) is 10. The topological polar surface area (TPSA) is 108 Å². The molecule has 5 heterocycles. The fraction of sp³-hybridized carbons (Fsp3) is 0.500. The molecule has 6 rings (SSSR count).